The molecule has 0 aromatic carbocycles. The summed E-state index contributed by atoms with van der Waals surface area (Å²) in [5.74, 6) is 0.255. The molecule has 11 heavy (non-hydrogen) atoms. The average molecular weight is 150 g/mol. The first-order chi connectivity index (χ1) is 4.93. The van der Waals surface area contributed by atoms with Gasteiger partial charge in [0.1, 0.15) is 0 Å². The molecule has 0 aromatic rings. The minimum absolute atomic E-state index is 0.226. The molecule has 0 saturated carbocycles. The molecule has 0 amide bonds. The van der Waals surface area contributed by atoms with Crippen molar-refractivity contribution >= 4 is 5.78 Å². The molecule has 1 aliphatic carbocycles. The zero-order valence-electron chi connectivity index (χ0n) is 7.40. The Labute approximate surface area is 67.8 Å². The quantitative estimate of drug-likeness (QED) is 0.518. The van der Waals surface area contributed by atoms with Gasteiger partial charge in [0.15, 0.2) is 5.78 Å². The van der Waals surface area contributed by atoms with Crippen LogP contribution in [-0.2, 0) is 4.79 Å². The maximum Gasteiger partial charge on any atom is 0.164 e. The van der Waals surface area contributed by atoms with E-state index in [0.29, 0.717) is 0 Å². The van der Waals surface area contributed by atoms with Crippen molar-refractivity contribution in [2.75, 3.05) is 0 Å². The van der Waals surface area contributed by atoms with Gasteiger partial charge < -0.3 is 0 Å². The van der Waals surface area contributed by atoms with Gasteiger partial charge in [-0.15, -0.1) is 0 Å². The summed E-state index contributed by atoms with van der Waals surface area (Å²) in [6, 6.07) is 0. The second-order valence-electron chi connectivity index (χ2n) is 3.88. The van der Waals surface area contributed by atoms with Gasteiger partial charge in [0.25, 0.3) is 0 Å². The number of ketones is 1. The Morgan fingerprint density at radius 1 is 1.55 bits per heavy atom. The highest BCUT2D eigenvalue weighted by atomic mass is 16.1. The van der Waals surface area contributed by atoms with Crippen molar-refractivity contribution in [2.24, 2.45) is 5.41 Å². The lowest BCUT2D eigenvalue weighted by Gasteiger charge is -2.27. The summed E-state index contributed by atoms with van der Waals surface area (Å²) < 4.78 is 0. The second kappa shape index (κ2) is 2.33. The van der Waals surface area contributed by atoms with Gasteiger partial charge in [-0.2, -0.15) is 0 Å². The van der Waals surface area contributed by atoms with Crippen LogP contribution in [0.5, 0.6) is 0 Å². The van der Waals surface area contributed by atoms with Crippen LogP contribution in [0.3, 0.4) is 0 Å². The highest BCUT2D eigenvalue weighted by Gasteiger charge is 2.31. The Bertz CT molecular complexity index is 244. The van der Waals surface area contributed by atoms with E-state index < -0.39 is 0 Å². The highest BCUT2D eigenvalue weighted by molar-refractivity contribution is 6.00. The first-order valence-corrected chi connectivity index (χ1v) is 3.84. The Kier molecular flexibility index (Phi) is 1.75. The maximum absolute atomic E-state index is 11.5. The first-order valence-electron chi connectivity index (χ1n) is 3.84. The monoisotopic (exact) mass is 150 g/mol. The third-order valence-corrected chi connectivity index (χ3v) is 2.06. The topological polar surface area (TPSA) is 17.1 Å². The van der Waals surface area contributed by atoms with E-state index in [1.54, 1.807) is 0 Å². The molecule has 0 aromatic heterocycles. The number of Topliss-reactive ketones (excluding diaryl/α,β-unsaturated/α-hetero) is 1. The van der Waals surface area contributed by atoms with Crippen molar-refractivity contribution in [3.63, 3.8) is 0 Å². The third kappa shape index (κ3) is 1.42. The number of hydrogen-bond donors (Lipinski definition) is 0. The molecule has 0 radical (unpaired) electrons. The van der Waals surface area contributed by atoms with E-state index in [4.69, 9.17) is 0 Å². The lowest BCUT2D eigenvalue weighted by Crippen LogP contribution is -2.28. The fourth-order valence-electron chi connectivity index (χ4n) is 1.60. The molecule has 1 heteroatoms. The Morgan fingerprint density at radius 3 is 2.55 bits per heavy atom. The summed E-state index contributed by atoms with van der Waals surface area (Å²) in [6.45, 7) is 9.66. The van der Waals surface area contributed by atoms with Crippen LogP contribution >= 0.6 is 0 Å². The van der Waals surface area contributed by atoms with Crippen molar-refractivity contribution in [3.05, 3.63) is 23.8 Å². The van der Waals surface area contributed by atoms with Gasteiger partial charge in [0.05, 0.1) is 0 Å². The third-order valence-electron chi connectivity index (χ3n) is 2.06. The van der Waals surface area contributed by atoms with E-state index in [1.165, 1.54) is 0 Å². The molecule has 60 valence electrons. The largest absolute Gasteiger partial charge is 0.294 e. The minimum Gasteiger partial charge on any atom is -0.294 e. The summed E-state index contributed by atoms with van der Waals surface area (Å²) in [6.07, 6.45) is 2.68. The molecule has 0 saturated heterocycles. The van der Waals surface area contributed by atoms with Gasteiger partial charge >= 0.3 is 0 Å². The lowest BCUT2D eigenvalue weighted by atomic mass is 9.75. The molecule has 0 unspecified atom stereocenters. The van der Waals surface area contributed by atoms with Crippen LogP contribution in [0, 0.1) is 5.41 Å². The summed E-state index contributed by atoms with van der Waals surface area (Å²) in [4.78, 5) is 11.5. The van der Waals surface area contributed by atoms with E-state index in [-0.39, 0.29) is 11.2 Å². The molecule has 0 N–H and O–H groups in total. The maximum atomic E-state index is 11.5. The Balaban J connectivity index is 3.05. The first kappa shape index (κ1) is 8.25. The molecule has 0 aliphatic heterocycles. The van der Waals surface area contributed by atoms with E-state index in [9.17, 15) is 4.79 Å². The fraction of sp³-hybridized carbons (Fsp3) is 0.500. The van der Waals surface area contributed by atoms with Gasteiger partial charge in [-0.05, 0) is 18.9 Å². The molecule has 0 atom stereocenters. The smallest absolute Gasteiger partial charge is 0.164 e. The van der Waals surface area contributed by atoms with E-state index in [2.05, 4.69) is 6.58 Å². The molecule has 0 fully saturated rings. The van der Waals surface area contributed by atoms with E-state index >= 15 is 0 Å². The molecule has 1 aliphatic rings. The average Bonchev–Trinajstić information content (AvgIpc) is 1.81. The minimum atomic E-state index is -0.226. The van der Waals surface area contributed by atoms with E-state index in [1.807, 2.05) is 26.8 Å². The summed E-state index contributed by atoms with van der Waals surface area (Å²) >= 11 is 0. The van der Waals surface area contributed by atoms with Crippen molar-refractivity contribution in [1.82, 2.24) is 0 Å². The lowest BCUT2D eigenvalue weighted by molar-refractivity contribution is -0.123. The van der Waals surface area contributed by atoms with Crippen LogP contribution in [0.4, 0.5) is 0 Å². The predicted molar refractivity (Wildman–Crippen MR) is 46.3 cm³/mol. The normalized spacial score (nSPS) is 23.4. The number of carbonyl (C=O) groups is 1. The van der Waals surface area contributed by atoms with Crippen LogP contribution in [0.2, 0.25) is 0 Å². The molecule has 0 spiro atoms. The molecule has 0 bridgehead atoms. The zero-order chi connectivity index (χ0) is 8.65. The van der Waals surface area contributed by atoms with Gasteiger partial charge in [0.2, 0.25) is 0 Å². The Hall–Kier alpha value is -0.850. The standard InChI is InChI=1S/C10H14O/c1-7-5-8(2)9(11)10(3,4)6-7/h5H,1,6H2,2-4H3. The second-order valence-corrected chi connectivity index (χ2v) is 3.88. The molecule has 1 nitrogen and oxygen atoms in total. The van der Waals surface area contributed by atoms with Crippen LogP contribution in [0.25, 0.3) is 0 Å². The SMILES string of the molecule is C=C1C=C(C)C(=O)C(C)(C)C1. The van der Waals surface area contributed by atoms with Crippen molar-refractivity contribution in [2.45, 2.75) is 27.2 Å². The van der Waals surface area contributed by atoms with Gasteiger partial charge in [-0.25, -0.2) is 0 Å². The molecular weight excluding hydrogens is 136 g/mol. The molecule has 1 rings (SSSR count). The predicted octanol–water partition coefficient (Wildman–Crippen LogP) is 2.49. The summed E-state index contributed by atoms with van der Waals surface area (Å²) in [7, 11) is 0. The van der Waals surface area contributed by atoms with Crippen molar-refractivity contribution < 1.29 is 4.79 Å². The summed E-state index contributed by atoms with van der Waals surface area (Å²) in [5.41, 5.74) is 1.67. The van der Waals surface area contributed by atoms with Crippen molar-refractivity contribution in [3.8, 4) is 0 Å². The molecule has 0 heterocycles. The fourth-order valence-corrected chi connectivity index (χ4v) is 1.60. The van der Waals surface area contributed by atoms with Gasteiger partial charge in [-0.3, -0.25) is 4.79 Å². The van der Waals surface area contributed by atoms with Crippen molar-refractivity contribution in [1.29, 1.82) is 0 Å². The number of allylic oxidation sites excluding steroid dienone is 3. The van der Waals surface area contributed by atoms with Crippen LogP contribution in [-0.4, -0.2) is 5.78 Å². The number of hydrogen-bond acceptors (Lipinski definition) is 1. The van der Waals surface area contributed by atoms with Gasteiger partial charge in [0, 0.05) is 5.41 Å². The van der Waals surface area contributed by atoms with E-state index in [0.717, 1.165) is 17.6 Å². The summed E-state index contributed by atoms with van der Waals surface area (Å²) in [5, 5.41) is 0. The number of rotatable bonds is 0. The molecular formula is C10H14O. The highest BCUT2D eigenvalue weighted by Crippen LogP contribution is 2.33. The van der Waals surface area contributed by atoms with Crippen LogP contribution in [0.1, 0.15) is 27.2 Å². The van der Waals surface area contributed by atoms with Crippen LogP contribution in [0.15, 0.2) is 23.8 Å². The number of carbonyl (C=O) groups excluding carboxylic acids is 1. The zero-order valence-corrected chi connectivity index (χ0v) is 7.40. The van der Waals surface area contributed by atoms with Crippen LogP contribution < -0.4 is 0 Å². The Morgan fingerprint density at radius 2 is 2.09 bits per heavy atom. The van der Waals surface area contributed by atoms with Gasteiger partial charge in [-0.1, -0.05) is 32.1 Å².